The Bertz CT molecular complexity index is 669. The van der Waals surface area contributed by atoms with Crippen LogP contribution in [0.15, 0.2) is 24.4 Å². The molecule has 4 nitrogen and oxygen atoms in total. The van der Waals surface area contributed by atoms with Crippen LogP contribution in [0.25, 0.3) is 10.9 Å². The van der Waals surface area contributed by atoms with Crippen molar-refractivity contribution in [2.75, 3.05) is 13.7 Å². The van der Waals surface area contributed by atoms with E-state index in [1.807, 2.05) is 24.4 Å². The molecular weight excluding hydrogens is 288 g/mol. The zero-order chi connectivity index (χ0) is 17.0. The number of ether oxygens (including phenoxy) is 1. The monoisotopic (exact) mass is 316 g/mol. The van der Waals surface area contributed by atoms with Crippen LogP contribution in [0.2, 0.25) is 0 Å². The van der Waals surface area contributed by atoms with Crippen molar-refractivity contribution in [3.63, 3.8) is 0 Å². The van der Waals surface area contributed by atoms with Gasteiger partial charge in [-0.05, 0) is 36.6 Å². The Labute approximate surface area is 138 Å². The summed E-state index contributed by atoms with van der Waals surface area (Å²) in [4.78, 5) is 15.6. The molecule has 0 aliphatic carbocycles. The summed E-state index contributed by atoms with van der Waals surface area (Å²) in [6.07, 6.45) is 3.80. The number of hydrogen-bond acceptors (Lipinski definition) is 2. The minimum Gasteiger partial charge on any atom is -0.497 e. The largest absolute Gasteiger partial charge is 0.497 e. The van der Waals surface area contributed by atoms with Crippen LogP contribution >= 0.6 is 0 Å². The highest BCUT2D eigenvalue weighted by molar-refractivity contribution is 5.86. The van der Waals surface area contributed by atoms with E-state index < -0.39 is 0 Å². The van der Waals surface area contributed by atoms with Gasteiger partial charge in [0.15, 0.2) is 0 Å². The fourth-order valence-corrected chi connectivity index (χ4v) is 2.99. The maximum atomic E-state index is 12.2. The first kappa shape index (κ1) is 17.4. The summed E-state index contributed by atoms with van der Waals surface area (Å²) in [6, 6.07) is 6.02. The van der Waals surface area contributed by atoms with E-state index in [4.69, 9.17) is 4.74 Å². The molecule has 2 rings (SSSR count). The topological polar surface area (TPSA) is 54.1 Å². The second kappa shape index (κ2) is 7.07. The molecule has 1 amide bonds. The fraction of sp³-hybridized carbons (Fsp3) is 0.526. The Kier molecular flexibility index (Phi) is 5.34. The van der Waals surface area contributed by atoms with E-state index in [-0.39, 0.29) is 17.2 Å². The zero-order valence-corrected chi connectivity index (χ0v) is 14.8. The molecule has 0 spiro atoms. The van der Waals surface area contributed by atoms with Crippen LogP contribution < -0.4 is 10.1 Å². The lowest BCUT2D eigenvalue weighted by atomic mass is 9.84. The Morgan fingerprint density at radius 2 is 2.00 bits per heavy atom. The van der Waals surface area contributed by atoms with Gasteiger partial charge in [-0.1, -0.05) is 27.7 Å². The van der Waals surface area contributed by atoms with Crippen molar-refractivity contribution in [2.45, 2.75) is 46.0 Å². The van der Waals surface area contributed by atoms with Gasteiger partial charge in [0.25, 0.3) is 0 Å². The van der Waals surface area contributed by atoms with Crippen molar-refractivity contribution in [1.29, 1.82) is 0 Å². The van der Waals surface area contributed by atoms with Gasteiger partial charge in [0.05, 0.1) is 7.11 Å². The van der Waals surface area contributed by atoms with Crippen LogP contribution in [0, 0.1) is 5.92 Å². The van der Waals surface area contributed by atoms with E-state index in [9.17, 15) is 4.79 Å². The summed E-state index contributed by atoms with van der Waals surface area (Å²) in [5, 5.41) is 4.27. The van der Waals surface area contributed by atoms with Crippen LogP contribution in [0.5, 0.6) is 5.75 Å². The van der Waals surface area contributed by atoms with Crippen LogP contribution in [0.1, 0.15) is 46.1 Å². The van der Waals surface area contributed by atoms with Crippen molar-refractivity contribution in [3.05, 3.63) is 30.0 Å². The molecule has 1 aromatic heterocycles. The molecule has 4 heteroatoms. The highest BCUT2D eigenvalue weighted by Crippen LogP contribution is 2.32. The van der Waals surface area contributed by atoms with E-state index in [1.54, 1.807) is 7.11 Å². The number of fused-ring (bicyclic) bond motifs is 1. The maximum Gasteiger partial charge on any atom is 0.223 e. The first-order valence-corrected chi connectivity index (χ1v) is 8.36. The molecule has 2 aromatic rings. The number of carbonyl (C=O) groups is 1. The van der Waals surface area contributed by atoms with Gasteiger partial charge in [-0.25, -0.2) is 0 Å². The summed E-state index contributed by atoms with van der Waals surface area (Å²) in [5.41, 5.74) is 2.11. The summed E-state index contributed by atoms with van der Waals surface area (Å²) in [6.45, 7) is 9.05. The van der Waals surface area contributed by atoms with Crippen molar-refractivity contribution < 1.29 is 9.53 Å². The summed E-state index contributed by atoms with van der Waals surface area (Å²) in [7, 11) is 1.68. The van der Waals surface area contributed by atoms with E-state index in [0.717, 1.165) is 29.5 Å². The number of nitrogens with one attached hydrogen (secondary N) is 2. The third kappa shape index (κ3) is 3.69. The van der Waals surface area contributed by atoms with Gasteiger partial charge >= 0.3 is 0 Å². The predicted molar refractivity (Wildman–Crippen MR) is 95.0 cm³/mol. The number of hydrogen-bond donors (Lipinski definition) is 2. The average Bonchev–Trinajstić information content (AvgIpc) is 2.98. The molecule has 0 saturated heterocycles. The standard InChI is InChI=1S/C19H28N2O2/c1-6-13(7-2)18(22)21-12-19(3,4)16-11-20-17-9-8-14(23-5)10-15(16)17/h8-11,13,20H,6-7,12H2,1-5H3,(H,21,22). The zero-order valence-electron chi connectivity index (χ0n) is 14.8. The van der Waals surface area contributed by atoms with Crippen LogP contribution in [0.4, 0.5) is 0 Å². The van der Waals surface area contributed by atoms with Crippen LogP contribution in [-0.4, -0.2) is 24.5 Å². The van der Waals surface area contributed by atoms with Gasteiger partial charge in [0.1, 0.15) is 5.75 Å². The molecule has 2 N–H and O–H groups in total. The molecule has 0 radical (unpaired) electrons. The van der Waals surface area contributed by atoms with Gasteiger partial charge in [0.2, 0.25) is 5.91 Å². The fourth-order valence-electron chi connectivity index (χ4n) is 2.99. The third-order valence-corrected chi connectivity index (χ3v) is 4.68. The SMILES string of the molecule is CCC(CC)C(=O)NCC(C)(C)c1c[nH]c2ccc(OC)cc12. The van der Waals surface area contributed by atoms with Crippen LogP contribution in [0.3, 0.4) is 0 Å². The number of amides is 1. The third-order valence-electron chi connectivity index (χ3n) is 4.68. The Balaban J connectivity index is 2.20. The predicted octanol–water partition coefficient (Wildman–Crippen LogP) is 4.01. The second-order valence-electron chi connectivity index (χ2n) is 6.73. The lowest BCUT2D eigenvalue weighted by Crippen LogP contribution is -2.39. The molecule has 1 aromatic carbocycles. The minimum absolute atomic E-state index is 0.105. The maximum absolute atomic E-state index is 12.2. The van der Waals surface area contributed by atoms with Crippen molar-refractivity contribution >= 4 is 16.8 Å². The summed E-state index contributed by atoms with van der Waals surface area (Å²) < 4.78 is 5.33. The molecule has 0 bridgehead atoms. The number of aromatic nitrogens is 1. The molecule has 0 fully saturated rings. The molecular formula is C19H28N2O2. The van der Waals surface area contributed by atoms with E-state index in [2.05, 4.69) is 38.0 Å². The number of H-pyrrole nitrogens is 1. The van der Waals surface area contributed by atoms with E-state index in [0.29, 0.717) is 6.54 Å². The molecule has 1 heterocycles. The Morgan fingerprint density at radius 3 is 2.61 bits per heavy atom. The number of aromatic amines is 1. The van der Waals surface area contributed by atoms with Crippen molar-refractivity contribution in [2.24, 2.45) is 5.92 Å². The van der Waals surface area contributed by atoms with E-state index in [1.165, 1.54) is 5.56 Å². The first-order chi connectivity index (χ1) is 10.9. The number of benzene rings is 1. The second-order valence-corrected chi connectivity index (χ2v) is 6.73. The van der Waals surface area contributed by atoms with Gasteiger partial charge < -0.3 is 15.0 Å². The normalized spacial score (nSPS) is 11.9. The number of rotatable bonds is 7. The van der Waals surface area contributed by atoms with Crippen molar-refractivity contribution in [3.8, 4) is 5.75 Å². The smallest absolute Gasteiger partial charge is 0.223 e. The molecule has 0 atom stereocenters. The van der Waals surface area contributed by atoms with Gasteiger partial charge in [0, 0.05) is 35.0 Å². The van der Waals surface area contributed by atoms with Crippen molar-refractivity contribution in [1.82, 2.24) is 10.3 Å². The average molecular weight is 316 g/mol. The first-order valence-electron chi connectivity index (χ1n) is 8.36. The molecule has 0 aliphatic rings. The lowest BCUT2D eigenvalue weighted by molar-refractivity contribution is -0.125. The van der Waals surface area contributed by atoms with Crippen LogP contribution in [-0.2, 0) is 10.2 Å². The van der Waals surface area contributed by atoms with E-state index >= 15 is 0 Å². The molecule has 0 saturated carbocycles. The summed E-state index contributed by atoms with van der Waals surface area (Å²) in [5.74, 6) is 1.10. The molecule has 23 heavy (non-hydrogen) atoms. The number of methoxy groups -OCH3 is 1. The Morgan fingerprint density at radius 1 is 1.30 bits per heavy atom. The molecule has 0 unspecified atom stereocenters. The molecule has 0 aliphatic heterocycles. The highest BCUT2D eigenvalue weighted by atomic mass is 16.5. The lowest BCUT2D eigenvalue weighted by Gasteiger charge is -2.26. The van der Waals surface area contributed by atoms with Gasteiger partial charge in [-0.2, -0.15) is 0 Å². The van der Waals surface area contributed by atoms with Gasteiger partial charge in [-0.3, -0.25) is 4.79 Å². The number of carbonyl (C=O) groups excluding carboxylic acids is 1. The highest BCUT2D eigenvalue weighted by Gasteiger charge is 2.26. The Hall–Kier alpha value is -1.97. The molecule has 126 valence electrons. The summed E-state index contributed by atoms with van der Waals surface area (Å²) >= 11 is 0. The quantitative estimate of drug-likeness (QED) is 0.811. The minimum atomic E-state index is -0.160. The van der Waals surface area contributed by atoms with Gasteiger partial charge in [-0.15, -0.1) is 0 Å².